The second-order valence-electron chi connectivity index (χ2n) is 9.82. The third kappa shape index (κ3) is 4.61. The van der Waals surface area contributed by atoms with Crippen molar-refractivity contribution in [3.05, 3.63) is 36.0 Å². The molecule has 0 amide bonds. The van der Waals surface area contributed by atoms with Gasteiger partial charge >= 0.3 is 5.97 Å². The van der Waals surface area contributed by atoms with Gasteiger partial charge in [-0.3, -0.25) is 14.7 Å². The molecule has 1 saturated heterocycles. The van der Waals surface area contributed by atoms with Crippen LogP contribution in [0.25, 0.3) is 10.9 Å². The highest BCUT2D eigenvalue weighted by Crippen LogP contribution is 2.41. The number of hydrogen-bond acceptors (Lipinski definition) is 4. The number of ether oxygens (including phenoxy) is 1. The van der Waals surface area contributed by atoms with Crippen LogP contribution >= 0.6 is 0 Å². The van der Waals surface area contributed by atoms with Crippen LogP contribution in [0.1, 0.15) is 58.6 Å². The number of fused-ring (bicyclic) bond motifs is 1. The number of likely N-dealkylation sites (tertiary alicyclic amines) is 1. The third-order valence-corrected chi connectivity index (χ3v) is 7.40. The van der Waals surface area contributed by atoms with Crippen molar-refractivity contribution in [1.82, 2.24) is 9.88 Å². The maximum absolute atomic E-state index is 10.9. The summed E-state index contributed by atoms with van der Waals surface area (Å²) in [5.41, 5.74) is 2.38. The molecule has 30 heavy (non-hydrogen) atoms. The van der Waals surface area contributed by atoms with Gasteiger partial charge in [0.1, 0.15) is 5.75 Å². The SMILES string of the molecule is CCC(C)(C)[C@H]1CC[C@H](Oc2ccc3nc(CN4CC(C(=O)O)C4)ccc3c2)CC1. The summed E-state index contributed by atoms with van der Waals surface area (Å²) in [7, 11) is 0. The van der Waals surface area contributed by atoms with E-state index in [1.54, 1.807) is 0 Å². The predicted octanol–water partition coefficient (Wildman–Crippen LogP) is 5.13. The zero-order valence-electron chi connectivity index (χ0n) is 18.4. The minimum Gasteiger partial charge on any atom is -0.490 e. The van der Waals surface area contributed by atoms with E-state index in [2.05, 4.69) is 37.8 Å². The molecule has 1 aromatic heterocycles. The van der Waals surface area contributed by atoms with Crippen LogP contribution in [0, 0.1) is 17.3 Å². The molecule has 1 aliphatic carbocycles. The lowest BCUT2D eigenvalue weighted by molar-refractivity contribution is -0.147. The Balaban J connectivity index is 1.34. The van der Waals surface area contributed by atoms with Crippen molar-refractivity contribution in [3.63, 3.8) is 0 Å². The number of benzene rings is 1. The van der Waals surface area contributed by atoms with Crippen molar-refractivity contribution in [2.45, 2.75) is 65.5 Å². The van der Waals surface area contributed by atoms with Gasteiger partial charge in [-0.2, -0.15) is 0 Å². The van der Waals surface area contributed by atoms with Gasteiger partial charge in [-0.15, -0.1) is 0 Å². The second kappa shape index (κ2) is 8.54. The molecule has 5 heteroatoms. The monoisotopic (exact) mass is 410 g/mol. The molecule has 0 atom stereocenters. The molecule has 5 nitrogen and oxygen atoms in total. The van der Waals surface area contributed by atoms with Crippen molar-refractivity contribution in [2.75, 3.05) is 13.1 Å². The number of hydrogen-bond donors (Lipinski definition) is 1. The number of carboxylic acid groups (broad SMARTS) is 1. The van der Waals surface area contributed by atoms with E-state index in [-0.39, 0.29) is 5.92 Å². The van der Waals surface area contributed by atoms with Crippen molar-refractivity contribution in [2.24, 2.45) is 17.3 Å². The van der Waals surface area contributed by atoms with Gasteiger partial charge in [0.25, 0.3) is 0 Å². The Morgan fingerprint density at radius 1 is 1.17 bits per heavy atom. The largest absolute Gasteiger partial charge is 0.490 e. The average Bonchev–Trinajstić information content (AvgIpc) is 2.70. The van der Waals surface area contributed by atoms with E-state index < -0.39 is 5.97 Å². The summed E-state index contributed by atoms with van der Waals surface area (Å²) in [4.78, 5) is 17.8. The Labute approximate surface area is 179 Å². The average molecular weight is 411 g/mol. The number of aliphatic carboxylic acids is 1. The van der Waals surface area contributed by atoms with Gasteiger partial charge < -0.3 is 9.84 Å². The van der Waals surface area contributed by atoms with Gasteiger partial charge in [0.2, 0.25) is 0 Å². The topological polar surface area (TPSA) is 62.7 Å². The summed E-state index contributed by atoms with van der Waals surface area (Å²) in [5, 5.41) is 10.1. The standard InChI is InChI=1S/C25H34N2O3/c1-4-25(2,3)19-6-9-21(10-7-19)30-22-11-12-23-17(13-22)5-8-20(26-23)16-27-14-18(15-27)24(28)29/h5,8,11-13,18-19,21H,4,6-7,9-10,14-16H2,1-3H3,(H,28,29)/t19-,21-. The first kappa shape index (κ1) is 21.1. The van der Waals surface area contributed by atoms with Crippen molar-refractivity contribution < 1.29 is 14.6 Å². The fraction of sp³-hybridized carbons (Fsp3) is 0.600. The highest BCUT2D eigenvalue weighted by atomic mass is 16.5. The van der Waals surface area contributed by atoms with E-state index in [4.69, 9.17) is 14.8 Å². The molecular weight excluding hydrogens is 376 g/mol. The first-order valence-electron chi connectivity index (χ1n) is 11.4. The second-order valence-corrected chi connectivity index (χ2v) is 9.82. The highest BCUT2D eigenvalue weighted by molar-refractivity contribution is 5.80. The maximum atomic E-state index is 10.9. The maximum Gasteiger partial charge on any atom is 0.309 e. The lowest BCUT2D eigenvalue weighted by Crippen LogP contribution is -2.49. The van der Waals surface area contributed by atoms with E-state index >= 15 is 0 Å². The lowest BCUT2D eigenvalue weighted by Gasteiger charge is -2.38. The summed E-state index contributed by atoms with van der Waals surface area (Å²) >= 11 is 0. The Morgan fingerprint density at radius 3 is 2.57 bits per heavy atom. The van der Waals surface area contributed by atoms with Crippen LogP contribution in [0.15, 0.2) is 30.3 Å². The summed E-state index contributed by atoms with van der Waals surface area (Å²) in [6, 6.07) is 10.3. The normalized spacial score (nSPS) is 23.3. The molecule has 2 heterocycles. The first-order valence-corrected chi connectivity index (χ1v) is 11.4. The van der Waals surface area contributed by atoms with Crippen LogP contribution in [-0.2, 0) is 11.3 Å². The molecule has 0 unspecified atom stereocenters. The van der Waals surface area contributed by atoms with Gasteiger partial charge in [0, 0.05) is 25.0 Å². The molecule has 1 aromatic carbocycles. The molecule has 1 N–H and O–H groups in total. The number of carboxylic acids is 1. The molecule has 162 valence electrons. The summed E-state index contributed by atoms with van der Waals surface area (Å²) in [6.07, 6.45) is 6.33. The van der Waals surface area contributed by atoms with Gasteiger partial charge in [-0.25, -0.2) is 0 Å². The molecule has 2 fully saturated rings. The molecule has 0 spiro atoms. The van der Waals surface area contributed by atoms with Gasteiger partial charge in [0.05, 0.1) is 23.2 Å². The highest BCUT2D eigenvalue weighted by Gasteiger charge is 2.33. The van der Waals surface area contributed by atoms with Crippen molar-refractivity contribution in [1.29, 1.82) is 0 Å². The molecule has 1 aliphatic heterocycles. The van der Waals surface area contributed by atoms with Crippen LogP contribution in [0.5, 0.6) is 5.75 Å². The van der Waals surface area contributed by atoms with Crippen LogP contribution in [-0.4, -0.2) is 40.2 Å². The van der Waals surface area contributed by atoms with Gasteiger partial charge in [0.15, 0.2) is 0 Å². The molecule has 1 saturated carbocycles. The van der Waals surface area contributed by atoms with Crippen molar-refractivity contribution >= 4 is 16.9 Å². The van der Waals surface area contributed by atoms with E-state index in [1.165, 1.54) is 19.3 Å². The summed E-state index contributed by atoms with van der Waals surface area (Å²) in [6.45, 7) is 9.02. The zero-order chi connectivity index (χ0) is 21.3. The molecule has 2 aromatic rings. The van der Waals surface area contributed by atoms with Crippen LogP contribution in [0.3, 0.4) is 0 Å². The van der Waals surface area contributed by atoms with E-state index in [0.29, 0.717) is 31.2 Å². The Morgan fingerprint density at radius 2 is 1.90 bits per heavy atom. The number of pyridine rings is 1. The third-order valence-electron chi connectivity index (χ3n) is 7.40. The Kier molecular flexibility index (Phi) is 6.01. The Hall–Kier alpha value is -2.14. The minimum absolute atomic E-state index is 0.228. The van der Waals surface area contributed by atoms with Gasteiger partial charge in [-0.1, -0.05) is 33.3 Å². The number of carbonyl (C=O) groups is 1. The molecular formula is C25H34N2O3. The van der Waals surface area contributed by atoms with Crippen LogP contribution in [0.2, 0.25) is 0 Å². The first-order chi connectivity index (χ1) is 14.3. The smallest absolute Gasteiger partial charge is 0.309 e. The number of rotatable bonds is 7. The number of nitrogens with zero attached hydrogens (tertiary/aromatic N) is 2. The Bertz CT molecular complexity index is 896. The fourth-order valence-electron chi connectivity index (χ4n) is 4.83. The molecule has 2 aliphatic rings. The lowest BCUT2D eigenvalue weighted by atomic mass is 9.69. The quantitative estimate of drug-likeness (QED) is 0.686. The molecule has 4 rings (SSSR count). The van der Waals surface area contributed by atoms with Gasteiger partial charge in [-0.05, 0) is 61.3 Å². The van der Waals surface area contributed by atoms with Crippen LogP contribution in [0.4, 0.5) is 0 Å². The predicted molar refractivity (Wildman–Crippen MR) is 119 cm³/mol. The van der Waals surface area contributed by atoms with E-state index in [0.717, 1.165) is 41.1 Å². The zero-order valence-corrected chi connectivity index (χ0v) is 18.4. The molecule has 0 bridgehead atoms. The molecule has 0 radical (unpaired) electrons. The fourth-order valence-corrected chi connectivity index (χ4v) is 4.83. The number of aromatic nitrogens is 1. The van der Waals surface area contributed by atoms with E-state index in [9.17, 15) is 4.79 Å². The van der Waals surface area contributed by atoms with E-state index in [1.807, 2.05) is 18.2 Å². The van der Waals surface area contributed by atoms with Crippen LogP contribution < -0.4 is 4.74 Å². The van der Waals surface area contributed by atoms with Crippen molar-refractivity contribution in [3.8, 4) is 5.75 Å². The summed E-state index contributed by atoms with van der Waals surface area (Å²) < 4.78 is 6.32. The minimum atomic E-state index is -0.701. The summed E-state index contributed by atoms with van der Waals surface area (Å²) in [5.74, 6) is 0.808.